The molecular weight excluding hydrogens is 346 g/mol. The Bertz CT molecular complexity index is 821. The predicted octanol–water partition coefficient (Wildman–Crippen LogP) is 2.78. The van der Waals surface area contributed by atoms with Gasteiger partial charge in [0.1, 0.15) is 0 Å². The summed E-state index contributed by atoms with van der Waals surface area (Å²) >= 11 is 0. The number of nitriles is 1. The van der Waals surface area contributed by atoms with Gasteiger partial charge in [-0.2, -0.15) is 5.26 Å². The molecule has 0 aliphatic carbocycles. The minimum Gasteiger partial charge on any atom is -0.463 e. The van der Waals surface area contributed by atoms with Crippen LogP contribution in [0.15, 0.2) is 35.5 Å². The number of rotatable bonds is 6. The summed E-state index contributed by atoms with van der Waals surface area (Å²) in [5.41, 5.74) is 1.90. The number of esters is 1. The van der Waals surface area contributed by atoms with E-state index >= 15 is 0 Å². The van der Waals surface area contributed by atoms with Crippen LogP contribution in [-0.4, -0.2) is 47.8 Å². The quantitative estimate of drug-likeness (QED) is 0.719. The molecule has 1 aliphatic heterocycles. The molecule has 0 saturated carbocycles. The number of hydrogen-bond acceptors (Lipinski definition) is 5. The summed E-state index contributed by atoms with van der Waals surface area (Å²) in [6, 6.07) is 7.55. The minimum absolute atomic E-state index is 0.111. The standard InChI is InChI=1S/C20H23N3O4/c1-5-16(24)12-23-18(15-9-7-14(11-21)8-10-15)17(19(25)27-6-2)13(3)22(4)20(23)26/h7-10,18H,5-6,12H2,1-4H3. The SMILES string of the molecule is CCOC(=O)C1=C(C)N(C)C(=O)N(CC(=O)CC)C1c1ccc(C#N)cc1. The van der Waals surface area contributed by atoms with Crippen LogP contribution < -0.4 is 0 Å². The van der Waals surface area contributed by atoms with Crippen molar-refractivity contribution in [3.8, 4) is 6.07 Å². The van der Waals surface area contributed by atoms with Gasteiger partial charge in [-0.25, -0.2) is 9.59 Å². The Hall–Kier alpha value is -3.14. The topological polar surface area (TPSA) is 90.7 Å². The molecule has 142 valence electrons. The van der Waals surface area contributed by atoms with E-state index in [0.29, 0.717) is 22.4 Å². The van der Waals surface area contributed by atoms with Crippen molar-refractivity contribution < 1.29 is 19.1 Å². The van der Waals surface area contributed by atoms with Crippen LogP contribution in [0.2, 0.25) is 0 Å². The van der Waals surface area contributed by atoms with Crippen molar-refractivity contribution in [2.75, 3.05) is 20.2 Å². The summed E-state index contributed by atoms with van der Waals surface area (Å²) in [7, 11) is 1.56. The molecule has 7 heteroatoms. The summed E-state index contributed by atoms with van der Waals surface area (Å²) < 4.78 is 5.21. The minimum atomic E-state index is -0.754. The highest BCUT2D eigenvalue weighted by molar-refractivity contribution is 5.96. The summed E-state index contributed by atoms with van der Waals surface area (Å²) in [5.74, 6) is -0.643. The number of allylic oxidation sites excluding steroid dienone is 1. The highest BCUT2D eigenvalue weighted by Gasteiger charge is 2.41. The number of ketones is 1. The summed E-state index contributed by atoms with van der Waals surface area (Å²) in [4.78, 5) is 40.4. The molecule has 0 saturated heterocycles. The molecule has 2 rings (SSSR count). The Morgan fingerprint density at radius 3 is 2.37 bits per heavy atom. The molecule has 1 aromatic carbocycles. The van der Waals surface area contributed by atoms with Crippen LogP contribution in [0.25, 0.3) is 0 Å². The van der Waals surface area contributed by atoms with Gasteiger partial charge < -0.3 is 14.5 Å². The van der Waals surface area contributed by atoms with Crippen LogP contribution in [0.3, 0.4) is 0 Å². The maximum absolute atomic E-state index is 12.9. The van der Waals surface area contributed by atoms with Crippen molar-refractivity contribution in [1.29, 1.82) is 5.26 Å². The number of hydrogen-bond donors (Lipinski definition) is 0. The monoisotopic (exact) mass is 369 g/mol. The lowest BCUT2D eigenvalue weighted by Crippen LogP contribution is -2.50. The zero-order chi connectivity index (χ0) is 20.1. The fraction of sp³-hybridized carbons (Fsp3) is 0.400. The van der Waals surface area contributed by atoms with Gasteiger partial charge in [-0.3, -0.25) is 4.79 Å². The Balaban J connectivity index is 2.64. The Morgan fingerprint density at radius 2 is 1.85 bits per heavy atom. The lowest BCUT2D eigenvalue weighted by atomic mass is 9.92. The molecule has 2 amide bonds. The van der Waals surface area contributed by atoms with Crippen LogP contribution in [0, 0.1) is 11.3 Å². The van der Waals surface area contributed by atoms with E-state index in [4.69, 9.17) is 10.00 Å². The number of carbonyl (C=O) groups excluding carboxylic acids is 3. The number of benzene rings is 1. The predicted molar refractivity (Wildman–Crippen MR) is 98.4 cm³/mol. The number of carbonyl (C=O) groups is 3. The molecule has 1 heterocycles. The summed E-state index contributed by atoms with van der Waals surface area (Å²) in [5, 5.41) is 9.02. The van der Waals surface area contributed by atoms with E-state index in [0.717, 1.165) is 0 Å². The van der Waals surface area contributed by atoms with E-state index in [9.17, 15) is 14.4 Å². The van der Waals surface area contributed by atoms with Gasteiger partial charge in [-0.15, -0.1) is 0 Å². The largest absolute Gasteiger partial charge is 0.463 e. The van der Waals surface area contributed by atoms with Gasteiger partial charge in [0.25, 0.3) is 0 Å². The maximum Gasteiger partial charge on any atom is 0.338 e. The normalized spacial score (nSPS) is 17.0. The highest BCUT2D eigenvalue weighted by atomic mass is 16.5. The molecule has 0 aromatic heterocycles. The fourth-order valence-electron chi connectivity index (χ4n) is 3.00. The lowest BCUT2D eigenvalue weighted by Gasteiger charge is -2.41. The van der Waals surface area contributed by atoms with Crippen molar-refractivity contribution >= 4 is 17.8 Å². The van der Waals surface area contributed by atoms with E-state index in [1.807, 2.05) is 6.07 Å². The van der Waals surface area contributed by atoms with E-state index in [1.54, 1.807) is 52.1 Å². The molecule has 1 unspecified atom stereocenters. The molecule has 0 N–H and O–H groups in total. The molecule has 7 nitrogen and oxygen atoms in total. The second-order valence-electron chi connectivity index (χ2n) is 6.22. The molecule has 0 radical (unpaired) electrons. The first kappa shape index (κ1) is 20.2. The highest BCUT2D eigenvalue weighted by Crippen LogP contribution is 2.37. The van der Waals surface area contributed by atoms with Crippen molar-refractivity contribution in [2.24, 2.45) is 0 Å². The van der Waals surface area contributed by atoms with Gasteiger partial charge >= 0.3 is 12.0 Å². The van der Waals surface area contributed by atoms with Crippen molar-refractivity contribution in [2.45, 2.75) is 33.2 Å². The zero-order valence-corrected chi connectivity index (χ0v) is 16.0. The Labute approximate surface area is 158 Å². The average Bonchev–Trinajstić information content (AvgIpc) is 2.68. The molecule has 0 spiro atoms. The third-order valence-electron chi connectivity index (χ3n) is 4.60. The van der Waals surface area contributed by atoms with Crippen LogP contribution in [0.5, 0.6) is 0 Å². The number of nitrogens with zero attached hydrogens (tertiary/aromatic N) is 3. The number of urea groups is 1. The van der Waals surface area contributed by atoms with Crippen LogP contribution in [0.1, 0.15) is 44.4 Å². The number of Topliss-reactive ketones (excluding diaryl/α,β-unsaturated/α-hetero) is 1. The van der Waals surface area contributed by atoms with E-state index < -0.39 is 12.0 Å². The van der Waals surface area contributed by atoms with Gasteiger partial charge in [-0.05, 0) is 31.5 Å². The second-order valence-corrected chi connectivity index (χ2v) is 6.22. The number of amides is 2. The van der Waals surface area contributed by atoms with E-state index in [2.05, 4.69) is 0 Å². The summed E-state index contributed by atoms with van der Waals surface area (Å²) in [6.45, 7) is 5.20. The maximum atomic E-state index is 12.9. The van der Waals surface area contributed by atoms with Crippen LogP contribution in [-0.2, 0) is 14.3 Å². The lowest BCUT2D eigenvalue weighted by molar-refractivity contribution is -0.139. The first-order valence-corrected chi connectivity index (χ1v) is 8.79. The molecule has 1 aromatic rings. The molecule has 0 fully saturated rings. The second kappa shape index (κ2) is 8.49. The van der Waals surface area contributed by atoms with Gasteiger partial charge in [0.2, 0.25) is 0 Å². The first-order chi connectivity index (χ1) is 12.8. The smallest absolute Gasteiger partial charge is 0.338 e. The van der Waals surface area contributed by atoms with Gasteiger partial charge in [0.05, 0.1) is 36.4 Å². The van der Waals surface area contributed by atoms with Crippen LogP contribution >= 0.6 is 0 Å². The molecule has 1 atom stereocenters. The van der Waals surface area contributed by atoms with Crippen molar-refractivity contribution in [3.05, 3.63) is 46.7 Å². The van der Waals surface area contributed by atoms with Crippen LogP contribution in [0.4, 0.5) is 4.79 Å². The third-order valence-corrected chi connectivity index (χ3v) is 4.60. The average molecular weight is 369 g/mol. The van der Waals surface area contributed by atoms with Crippen molar-refractivity contribution in [3.63, 3.8) is 0 Å². The van der Waals surface area contributed by atoms with Gasteiger partial charge in [0.15, 0.2) is 5.78 Å². The Morgan fingerprint density at radius 1 is 1.22 bits per heavy atom. The zero-order valence-electron chi connectivity index (χ0n) is 16.0. The fourth-order valence-corrected chi connectivity index (χ4v) is 3.00. The van der Waals surface area contributed by atoms with E-state index in [1.165, 1.54) is 9.80 Å². The third kappa shape index (κ3) is 4.00. The van der Waals surface area contributed by atoms with Gasteiger partial charge in [-0.1, -0.05) is 19.1 Å². The molecular formula is C20H23N3O4. The first-order valence-electron chi connectivity index (χ1n) is 8.79. The molecule has 27 heavy (non-hydrogen) atoms. The Kier molecular flexibility index (Phi) is 6.35. The molecule has 1 aliphatic rings. The van der Waals surface area contributed by atoms with Crippen molar-refractivity contribution in [1.82, 2.24) is 9.80 Å². The van der Waals surface area contributed by atoms with E-state index in [-0.39, 0.29) is 31.4 Å². The molecule has 0 bridgehead atoms. The van der Waals surface area contributed by atoms with Gasteiger partial charge in [0, 0.05) is 19.2 Å². The summed E-state index contributed by atoms with van der Waals surface area (Å²) in [6.07, 6.45) is 0.283. The number of ether oxygens (including phenoxy) is 1.